The van der Waals surface area contributed by atoms with E-state index in [1.165, 1.54) is 0 Å². The minimum absolute atomic E-state index is 0.0250. The van der Waals surface area contributed by atoms with Gasteiger partial charge in [-0.3, -0.25) is 4.79 Å². The van der Waals surface area contributed by atoms with Crippen molar-refractivity contribution in [3.63, 3.8) is 0 Å². The predicted molar refractivity (Wildman–Crippen MR) is 77.2 cm³/mol. The van der Waals surface area contributed by atoms with Crippen LogP contribution in [0.15, 0.2) is 12.1 Å². The number of nitrogens with one attached hydrogen (secondary N) is 1. The Morgan fingerprint density at radius 1 is 1.19 bits per heavy atom. The van der Waals surface area contributed by atoms with Gasteiger partial charge in [0.15, 0.2) is 11.6 Å². The third-order valence-corrected chi connectivity index (χ3v) is 4.25. The molecule has 1 aliphatic carbocycles. The SMILES string of the molecule is NC(=S)C1(C(=O)Nc2cc(F)cc(F)c2F)CCCCC1. The number of amides is 1. The molecule has 0 radical (unpaired) electrons. The Morgan fingerprint density at radius 2 is 1.81 bits per heavy atom. The number of hydrogen-bond acceptors (Lipinski definition) is 2. The van der Waals surface area contributed by atoms with E-state index in [9.17, 15) is 18.0 Å². The van der Waals surface area contributed by atoms with Crippen LogP contribution in [0.25, 0.3) is 0 Å². The first-order chi connectivity index (χ1) is 9.86. The van der Waals surface area contributed by atoms with Crippen molar-refractivity contribution in [1.29, 1.82) is 0 Å². The van der Waals surface area contributed by atoms with Crippen molar-refractivity contribution in [1.82, 2.24) is 0 Å². The Hall–Kier alpha value is -1.63. The van der Waals surface area contributed by atoms with E-state index in [-0.39, 0.29) is 4.99 Å². The number of nitrogens with two attached hydrogens (primary N) is 1. The zero-order valence-electron chi connectivity index (χ0n) is 11.2. The summed E-state index contributed by atoms with van der Waals surface area (Å²) < 4.78 is 39.9. The minimum atomic E-state index is -1.36. The van der Waals surface area contributed by atoms with E-state index < -0.39 is 34.5 Å². The summed E-state index contributed by atoms with van der Waals surface area (Å²) in [5.41, 5.74) is 4.06. The van der Waals surface area contributed by atoms with Gasteiger partial charge in [0.2, 0.25) is 5.91 Å². The number of hydrogen-bond donors (Lipinski definition) is 2. The van der Waals surface area contributed by atoms with Crippen LogP contribution in [0.3, 0.4) is 0 Å². The number of thiocarbonyl (C=S) groups is 1. The zero-order chi connectivity index (χ0) is 15.6. The van der Waals surface area contributed by atoms with Gasteiger partial charge in [0.1, 0.15) is 5.82 Å². The molecule has 1 aliphatic rings. The molecule has 3 N–H and O–H groups in total. The van der Waals surface area contributed by atoms with Gasteiger partial charge in [-0.05, 0) is 12.8 Å². The Kier molecular flexibility index (Phi) is 4.51. The van der Waals surface area contributed by atoms with E-state index in [0.29, 0.717) is 18.9 Å². The van der Waals surface area contributed by atoms with Gasteiger partial charge in [0, 0.05) is 12.1 Å². The van der Waals surface area contributed by atoms with Gasteiger partial charge >= 0.3 is 0 Å². The average molecular weight is 316 g/mol. The van der Waals surface area contributed by atoms with Crippen molar-refractivity contribution in [2.45, 2.75) is 32.1 Å². The number of rotatable bonds is 3. The first-order valence-corrected chi connectivity index (χ1v) is 7.03. The monoisotopic (exact) mass is 316 g/mol. The second-order valence-corrected chi connectivity index (χ2v) is 5.65. The maximum Gasteiger partial charge on any atom is 0.237 e. The maximum atomic E-state index is 13.6. The number of carbonyl (C=O) groups is 1. The van der Waals surface area contributed by atoms with Crippen molar-refractivity contribution in [3.05, 3.63) is 29.6 Å². The summed E-state index contributed by atoms with van der Waals surface area (Å²) >= 11 is 4.98. The molecule has 7 heteroatoms. The number of benzene rings is 1. The summed E-state index contributed by atoms with van der Waals surface area (Å²) in [4.78, 5) is 12.4. The van der Waals surface area contributed by atoms with E-state index >= 15 is 0 Å². The molecular weight excluding hydrogens is 301 g/mol. The molecule has 21 heavy (non-hydrogen) atoms. The molecule has 1 saturated carbocycles. The van der Waals surface area contributed by atoms with E-state index in [4.69, 9.17) is 18.0 Å². The highest BCUT2D eigenvalue weighted by molar-refractivity contribution is 7.80. The minimum Gasteiger partial charge on any atom is -0.392 e. The highest BCUT2D eigenvalue weighted by atomic mass is 32.1. The fraction of sp³-hybridized carbons (Fsp3) is 0.429. The van der Waals surface area contributed by atoms with Crippen molar-refractivity contribution in [3.8, 4) is 0 Å². The van der Waals surface area contributed by atoms with E-state index in [0.717, 1.165) is 25.3 Å². The van der Waals surface area contributed by atoms with Crippen LogP contribution in [0.1, 0.15) is 32.1 Å². The molecule has 0 spiro atoms. The lowest BCUT2D eigenvalue weighted by molar-refractivity contribution is -0.123. The molecule has 1 aromatic carbocycles. The van der Waals surface area contributed by atoms with Crippen LogP contribution in [0.5, 0.6) is 0 Å². The summed E-state index contributed by atoms with van der Waals surface area (Å²) in [7, 11) is 0. The molecule has 0 saturated heterocycles. The molecule has 0 unspecified atom stereocenters. The lowest BCUT2D eigenvalue weighted by Crippen LogP contribution is -2.47. The fourth-order valence-corrected chi connectivity index (χ4v) is 2.93. The Morgan fingerprint density at radius 3 is 2.38 bits per heavy atom. The molecule has 0 heterocycles. The van der Waals surface area contributed by atoms with Crippen LogP contribution in [0, 0.1) is 22.9 Å². The van der Waals surface area contributed by atoms with Crippen molar-refractivity contribution in [2.75, 3.05) is 5.32 Å². The Labute approximate surface area is 125 Å². The van der Waals surface area contributed by atoms with Crippen LogP contribution in [-0.2, 0) is 4.79 Å². The average Bonchev–Trinajstić information content (AvgIpc) is 2.44. The van der Waals surface area contributed by atoms with E-state index in [2.05, 4.69) is 5.32 Å². The normalized spacial score (nSPS) is 17.3. The van der Waals surface area contributed by atoms with Crippen molar-refractivity contribution < 1.29 is 18.0 Å². The second-order valence-electron chi connectivity index (χ2n) is 5.21. The van der Waals surface area contributed by atoms with Crippen molar-refractivity contribution >= 4 is 28.8 Å². The molecular formula is C14H15F3N2OS. The fourth-order valence-electron chi connectivity index (χ4n) is 2.63. The molecule has 3 nitrogen and oxygen atoms in total. The largest absolute Gasteiger partial charge is 0.392 e. The quantitative estimate of drug-likeness (QED) is 0.665. The highest BCUT2D eigenvalue weighted by Crippen LogP contribution is 2.38. The molecule has 0 aromatic heterocycles. The Bertz CT molecular complexity index is 586. The van der Waals surface area contributed by atoms with E-state index in [1.807, 2.05) is 0 Å². The first-order valence-electron chi connectivity index (χ1n) is 6.63. The lowest BCUT2D eigenvalue weighted by Gasteiger charge is -2.34. The molecule has 0 bridgehead atoms. The smallest absolute Gasteiger partial charge is 0.237 e. The molecule has 0 atom stereocenters. The summed E-state index contributed by atoms with van der Waals surface area (Å²) in [6.07, 6.45) is 3.40. The van der Waals surface area contributed by atoms with Crippen LogP contribution < -0.4 is 11.1 Å². The molecule has 2 rings (SSSR count). The van der Waals surface area contributed by atoms with Gasteiger partial charge < -0.3 is 11.1 Å². The predicted octanol–water partition coefficient (Wildman–Crippen LogP) is 3.28. The zero-order valence-corrected chi connectivity index (χ0v) is 12.0. The lowest BCUT2D eigenvalue weighted by atomic mass is 9.73. The summed E-state index contributed by atoms with van der Waals surface area (Å²) in [6.45, 7) is 0. The van der Waals surface area contributed by atoms with E-state index in [1.54, 1.807) is 0 Å². The second kappa shape index (κ2) is 6.01. The molecule has 1 aromatic rings. The topological polar surface area (TPSA) is 55.1 Å². The van der Waals surface area contributed by atoms with Crippen LogP contribution in [-0.4, -0.2) is 10.9 Å². The van der Waals surface area contributed by atoms with Gasteiger partial charge in [-0.25, -0.2) is 13.2 Å². The van der Waals surface area contributed by atoms with Gasteiger partial charge in [-0.2, -0.15) is 0 Å². The summed E-state index contributed by atoms with van der Waals surface area (Å²) in [6, 6.07) is 1.14. The van der Waals surface area contributed by atoms with Crippen molar-refractivity contribution in [2.24, 2.45) is 11.1 Å². The van der Waals surface area contributed by atoms with Crippen LogP contribution in [0.4, 0.5) is 18.9 Å². The molecule has 1 amide bonds. The third kappa shape index (κ3) is 3.02. The number of anilines is 1. The number of halogens is 3. The molecule has 114 valence electrons. The van der Waals surface area contributed by atoms with Crippen LogP contribution in [0.2, 0.25) is 0 Å². The van der Waals surface area contributed by atoms with Gasteiger partial charge in [-0.15, -0.1) is 0 Å². The maximum absolute atomic E-state index is 13.6. The third-order valence-electron chi connectivity index (χ3n) is 3.85. The summed E-state index contributed by atoms with van der Waals surface area (Å²) in [5.74, 6) is -4.26. The molecule has 0 aliphatic heterocycles. The molecule has 1 fully saturated rings. The summed E-state index contributed by atoms with van der Waals surface area (Å²) in [5, 5.41) is 2.22. The number of carbonyl (C=O) groups excluding carboxylic acids is 1. The first kappa shape index (κ1) is 15.8. The standard InChI is InChI=1S/C14H15F3N2OS/c15-8-6-9(16)11(17)10(7-8)19-13(20)14(12(18)21)4-2-1-3-5-14/h6-7H,1-5H2,(H2,18,21)(H,19,20). The van der Waals surface area contributed by atoms with Gasteiger partial charge in [0.25, 0.3) is 0 Å². The van der Waals surface area contributed by atoms with Gasteiger partial charge in [0.05, 0.1) is 16.1 Å². The van der Waals surface area contributed by atoms with Crippen LogP contribution >= 0.6 is 12.2 Å². The Balaban J connectivity index is 2.30. The van der Waals surface area contributed by atoms with Gasteiger partial charge in [-0.1, -0.05) is 31.5 Å². The highest BCUT2D eigenvalue weighted by Gasteiger charge is 2.42.